The molecule has 0 aromatic carbocycles. The maximum atomic E-state index is 10.3. The van der Waals surface area contributed by atoms with Crippen molar-refractivity contribution < 1.29 is 70.2 Å². The van der Waals surface area contributed by atoms with Crippen LogP contribution >= 0.6 is 0 Å². The quantitative estimate of drug-likeness (QED) is 0.0974. The fourth-order valence-electron chi connectivity index (χ4n) is 3.31. The van der Waals surface area contributed by atoms with E-state index in [1.54, 1.807) is 5.48 Å². The van der Waals surface area contributed by atoms with E-state index in [1.165, 1.54) is 0 Å². The molecule has 0 saturated carbocycles. The maximum Gasteiger partial charge on any atom is 0.323 e. The smallest absolute Gasteiger partial charge is 0.323 e. The molecule has 2 rings (SSSR count). The highest BCUT2D eigenvalue weighted by Gasteiger charge is 2.50. The standard InChI is InChI=1S/C12H22O11.C6H14N2O3/c13-1-3-5(15)6(16)9(19)12(22-3)23-10-4(2-14)21-11(20)8(18)7(10)17;7-4-2-1-3-5(8-11)6(9)10/h3-20H,1-2H2;5,8,11H,1-4,7H2,(H,9,10)/t3-,4-,5+,6+,7-,8-,9-,10-,11-,12+;/m1./s1. The normalized spacial score (nSPS) is 39.1. The average Bonchev–Trinajstić information content (AvgIpc) is 2.82. The van der Waals surface area contributed by atoms with Crippen LogP contribution in [0.2, 0.25) is 0 Å². The van der Waals surface area contributed by atoms with E-state index in [4.69, 9.17) is 35.4 Å². The number of unbranched alkanes of at least 4 members (excludes halogenated alkanes) is 1. The molecule has 0 aliphatic carbocycles. The highest BCUT2D eigenvalue weighted by Crippen LogP contribution is 2.28. The summed E-state index contributed by atoms with van der Waals surface area (Å²) in [7, 11) is 0. The van der Waals surface area contributed by atoms with Crippen molar-refractivity contribution in [2.45, 2.75) is 86.7 Å². The molecule has 2 aliphatic heterocycles. The summed E-state index contributed by atoms with van der Waals surface area (Å²) in [6.45, 7) is -0.792. The van der Waals surface area contributed by atoms with Crippen molar-refractivity contribution in [1.29, 1.82) is 0 Å². The number of hydroxylamine groups is 1. The minimum Gasteiger partial charge on any atom is -0.480 e. The van der Waals surface area contributed by atoms with Crippen LogP contribution in [-0.4, -0.2) is 144 Å². The van der Waals surface area contributed by atoms with Gasteiger partial charge in [0.15, 0.2) is 12.6 Å². The molecule has 1 unspecified atom stereocenters. The molecule has 0 spiro atoms. The van der Waals surface area contributed by atoms with Gasteiger partial charge in [0.1, 0.15) is 54.9 Å². The van der Waals surface area contributed by atoms with Crippen molar-refractivity contribution in [3.8, 4) is 0 Å². The molecule has 2 aliphatic rings. The average molecular weight is 504 g/mol. The molecule has 16 heteroatoms. The van der Waals surface area contributed by atoms with Gasteiger partial charge in [0, 0.05) is 0 Å². The second-order valence-corrected chi connectivity index (χ2v) is 7.83. The van der Waals surface area contributed by atoms with Crippen molar-refractivity contribution in [3.05, 3.63) is 0 Å². The van der Waals surface area contributed by atoms with Gasteiger partial charge in [-0.1, -0.05) is 0 Å². The van der Waals surface area contributed by atoms with Crippen LogP contribution < -0.4 is 11.2 Å². The van der Waals surface area contributed by atoms with Crippen molar-refractivity contribution in [1.82, 2.24) is 5.48 Å². The van der Waals surface area contributed by atoms with Gasteiger partial charge in [0.25, 0.3) is 0 Å². The maximum absolute atomic E-state index is 10.3. The summed E-state index contributed by atoms with van der Waals surface area (Å²) in [4.78, 5) is 10.3. The number of carboxylic acid groups (broad SMARTS) is 1. The summed E-state index contributed by atoms with van der Waals surface area (Å²) in [6, 6.07) is -0.860. The molecule has 2 heterocycles. The minimum absolute atomic E-state index is 0.406. The number of hydrogen-bond donors (Lipinski definition) is 12. The molecular weight excluding hydrogens is 468 g/mol. The first kappa shape index (κ1) is 30.9. The topological polar surface area (TPSA) is 285 Å². The SMILES string of the molecule is NCCCCC(NO)C(=O)O.OC[C@H]1O[C@@H](O[C@H]2[C@H](O)[C@@H](O)[C@H](O)O[C@@H]2CO)[C@H](O)[C@@H](O)[C@H]1O. The number of carbonyl (C=O) groups is 1. The first-order valence-corrected chi connectivity index (χ1v) is 10.6. The molecule has 202 valence electrons. The van der Waals surface area contributed by atoms with E-state index in [2.05, 4.69) is 0 Å². The van der Waals surface area contributed by atoms with Crippen LogP contribution in [0.25, 0.3) is 0 Å². The Labute approximate surface area is 194 Å². The Morgan fingerprint density at radius 1 is 0.882 bits per heavy atom. The zero-order chi connectivity index (χ0) is 26.0. The number of hydrogen-bond acceptors (Lipinski definition) is 15. The third-order valence-corrected chi connectivity index (χ3v) is 5.38. The molecule has 0 amide bonds. The largest absolute Gasteiger partial charge is 0.480 e. The lowest BCUT2D eigenvalue weighted by Crippen LogP contribution is -2.64. The van der Waals surface area contributed by atoms with Gasteiger partial charge in [-0.05, 0) is 25.8 Å². The lowest BCUT2D eigenvalue weighted by atomic mass is 9.97. The molecule has 34 heavy (non-hydrogen) atoms. The molecule has 2 saturated heterocycles. The Kier molecular flexibility index (Phi) is 13.8. The Morgan fingerprint density at radius 3 is 2.00 bits per heavy atom. The second kappa shape index (κ2) is 15.1. The molecule has 11 atom stereocenters. The van der Waals surface area contributed by atoms with E-state index >= 15 is 0 Å². The number of aliphatic hydroxyl groups excluding tert-OH is 8. The fraction of sp³-hybridized carbons (Fsp3) is 0.944. The Balaban J connectivity index is 0.000000445. The number of aliphatic hydroxyl groups is 8. The predicted octanol–water partition coefficient (Wildman–Crippen LogP) is -5.85. The third kappa shape index (κ3) is 8.25. The van der Waals surface area contributed by atoms with Crippen molar-refractivity contribution in [2.24, 2.45) is 5.73 Å². The van der Waals surface area contributed by atoms with Gasteiger partial charge in [-0.15, -0.1) is 0 Å². The van der Waals surface area contributed by atoms with Gasteiger partial charge in [0.05, 0.1) is 13.2 Å². The number of aliphatic carboxylic acids is 1. The number of rotatable bonds is 10. The number of ether oxygens (including phenoxy) is 3. The third-order valence-electron chi connectivity index (χ3n) is 5.38. The van der Waals surface area contributed by atoms with Gasteiger partial charge in [0.2, 0.25) is 0 Å². The fourth-order valence-corrected chi connectivity index (χ4v) is 3.31. The van der Waals surface area contributed by atoms with Gasteiger partial charge < -0.3 is 71.1 Å². The summed E-state index contributed by atoms with van der Waals surface area (Å²) in [6.07, 6.45) is -13.7. The van der Waals surface area contributed by atoms with Crippen LogP contribution in [0.3, 0.4) is 0 Å². The van der Waals surface area contributed by atoms with Crippen LogP contribution in [0, 0.1) is 0 Å². The zero-order valence-corrected chi connectivity index (χ0v) is 18.3. The Hall–Kier alpha value is -1.09. The van der Waals surface area contributed by atoms with E-state index in [1.807, 2.05) is 0 Å². The minimum atomic E-state index is -1.74. The summed E-state index contributed by atoms with van der Waals surface area (Å²) < 4.78 is 15.3. The molecule has 2 fully saturated rings. The molecule has 16 nitrogen and oxygen atoms in total. The lowest BCUT2D eigenvalue weighted by molar-refractivity contribution is -0.355. The number of nitrogens with one attached hydrogen (secondary N) is 1. The molecule has 13 N–H and O–H groups in total. The van der Waals surface area contributed by atoms with Crippen molar-refractivity contribution in [3.63, 3.8) is 0 Å². The van der Waals surface area contributed by atoms with Crippen LogP contribution in [0.4, 0.5) is 0 Å². The summed E-state index contributed by atoms with van der Waals surface area (Å²) in [5.41, 5.74) is 6.92. The molecule has 0 bridgehead atoms. The molecular formula is C18H36N2O14. The molecule has 0 aromatic rings. The van der Waals surface area contributed by atoms with E-state index in [-0.39, 0.29) is 0 Å². The number of carboxylic acids is 1. The predicted molar refractivity (Wildman–Crippen MR) is 108 cm³/mol. The van der Waals surface area contributed by atoms with E-state index in [0.717, 1.165) is 6.42 Å². The van der Waals surface area contributed by atoms with Gasteiger partial charge in [-0.3, -0.25) is 4.79 Å². The van der Waals surface area contributed by atoms with Gasteiger partial charge in [-0.2, -0.15) is 5.48 Å². The molecule has 0 radical (unpaired) electrons. The van der Waals surface area contributed by atoms with Crippen molar-refractivity contribution in [2.75, 3.05) is 19.8 Å². The van der Waals surface area contributed by atoms with E-state index in [9.17, 15) is 40.5 Å². The summed E-state index contributed by atoms with van der Waals surface area (Å²) in [5.74, 6) is -1.04. The van der Waals surface area contributed by atoms with Crippen molar-refractivity contribution >= 4 is 5.97 Å². The van der Waals surface area contributed by atoms with Crippen LogP contribution in [0.5, 0.6) is 0 Å². The van der Waals surface area contributed by atoms with Crippen LogP contribution in [0.15, 0.2) is 0 Å². The van der Waals surface area contributed by atoms with Crippen LogP contribution in [0.1, 0.15) is 19.3 Å². The first-order chi connectivity index (χ1) is 16.0. The first-order valence-electron chi connectivity index (χ1n) is 10.6. The second-order valence-electron chi connectivity index (χ2n) is 7.83. The highest BCUT2D eigenvalue weighted by atomic mass is 16.7. The Morgan fingerprint density at radius 2 is 1.50 bits per heavy atom. The van der Waals surface area contributed by atoms with E-state index < -0.39 is 86.6 Å². The highest BCUT2D eigenvalue weighted by molar-refractivity contribution is 5.73. The van der Waals surface area contributed by atoms with Gasteiger partial charge in [-0.25, -0.2) is 0 Å². The number of nitrogens with two attached hydrogens (primary N) is 1. The van der Waals surface area contributed by atoms with E-state index in [0.29, 0.717) is 19.4 Å². The van der Waals surface area contributed by atoms with Crippen LogP contribution in [-0.2, 0) is 19.0 Å². The Bertz CT molecular complexity index is 585. The summed E-state index contributed by atoms with van der Waals surface area (Å²) in [5, 5.41) is 93.2. The zero-order valence-electron chi connectivity index (χ0n) is 18.3. The monoisotopic (exact) mass is 504 g/mol. The lowest BCUT2D eigenvalue weighted by Gasteiger charge is -2.45. The molecule has 0 aromatic heterocycles. The van der Waals surface area contributed by atoms with Gasteiger partial charge >= 0.3 is 5.97 Å². The summed E-state index contributed by atoms with van der Waals surface area (Å²) >= 11 is 0.